The monoisotopic (exact) mass is 341 g/mol. The van der Waals surface area contributed by atoms with Crippen LogP contribution in [0.15, 0.2) is 18.3 Å². The number of carbonyl (C=O) groups excluding carboxylic acids is 1. The molecule has 0 saturated carbocycles. The topological polar surface area (TPSA) is 97.4 Å². The van der Waals surface area contributed by atoms with Crippen molar-refractivity contribution in [2.45, 2.75) is 44.5 Å². The van der Waals surface area contributed by atoms with Crippen LogP contribution in [0.1, 0.15) is 32.3 Å². The van der Waals surface area contributed by atoms with E-state index in [-0.39, 0.29) is 29.6 Å². The van der Waals surface area contributed by atoms with Gasteiger partial charge in [-0.2, -0.15) is 0 Å². The first-order valence-electron chi connectivity index (χ1n) is 7.75. The molecule has 1 aliphatic rings. The minimum atomic E-state index is -3.11. The van der Waals surface area contributed by atoms with Crippen molar-refractivity contribution < 1.29 is 17.9 Å². The largest absolute Gasteiger partial charge is 0.478 e. The molecule has 0 aromatic carbocycles. The molecule has 1 aromatic heterocycles. The van der Waals surface area contributed by atoms with E-state index in [1.165, 1.54) is 0 Å². The number of ether oxygens (including phenoxy) is 1. The van der Waals surface area contributed by atoms with Crippen molar-refractivity contribution in [1.82, 2.24) is 15.6 Å². The summed E-state index contributed by atoms with van der Waals surface area (Å²) in [7, 11) is -3.11. The molecular formula is C15H23N3O4S. The average Bonchev–Trinajstić information content (AvgIpc) is 2.50. The molecule has 8 heteroatoms. The van der Waals surface area contributed by atoms with Gasteiger partial charge in [0.2, 0.25) is 5.88 Å². The van der Waals surface area contributed by atoms with Gasteiger partial charge in [0.25, 0.3) is 0 Å². The number of pyridine rings is 1. The molecular weight excluding hydrogens is 318 g/mol. The summed E-state index contributed by atoms with van der Waals surface area (Å²) in [6.45, 7) is 4.34. The number of rotatable bonds is 5. The zero-order chi connectivity index (χ0) is 16.9. The zero-order valence-corrected chi connectivity index (χ0v) is 14.2. The van der Waals surface area contributed by atoms with Gasteiger partial charge in [-0.05, 0) is 32.8 Å². The molecule has 1 aliphatic heterocycles. The summed E-state index contributed by atoms with van der Waals surface area (Å²) in [5.74, 6) is 0.489. The predicted molar refractivity (Wildman–Crippen MR) is 87.0 cm³/mol. The Morgan fingerprint density at radius 1 is 1.43 bits per heavy atom. The molecule has 128 valence electrons. The Bertz CT molecular complexity index is 648. The fourth-order valence-corrected chi connectivity index (χ4v) is 4.13. The maximum atomic E-state index is 12.0. The fourth-order valence-electron chi connectivity index (χ4n) is 2.49. The summed E-state index contributed by atoms with van der Waals surface area (Å²) < 4.78 is 29.1. The Morgan fingerprint density at radius 2 is 2.22 bits per heavy atom. The molecule has 0 aliphatic carbocycles. The SMILES string of the molecule is CCOc1ncccc1CNC(=O)NC1CCC(C)S(=O)(=O)C1. The van der Waals surface area contributed by atoms with Crippen molar-refractivity contribution in [2.24, 2.45) is 0 Å². The number of sulfone groups is 1. The quantitative estimate of drug-likeness (QED) is 0.840. The molecule has 7 nitrogen and oxygen atoms in total. The third-order valence-electron chi connectivity index (χ3n) is 3.87. The highest BCUT2D eigenvalue weighted by Crippen LogP contribution is 2.19. The van der Waals surface area contributed by atoms with Gasteiger partial charge in [-0.25, -0.2) is 18.2 Å². The van der Waals surface area contributed by atoms with Gasteiger partial charge in [-0.1, -0.05) is 6.07 Å². The standard InChI is InChI=1S/C15H23N3O4S/c1-3-22-14-12(5-4-8-16-14)9-17-15(19)18-13-7-6-11(2)23(20,21)10-13/h4-5,8,11,13H,3,6-7,9-10H2,1-2H3,(H2,17,18,19). The number of nitrogens with zero attached hydrogens (tertiary/aromatic N) is 1. The summed E-state index contributed by atoms with van der Waals surface area (Å²) in [5, 5.41) is 5.12. The Kier molecular flexibility index (Phi) is 5.81. The van der Waals surface area contributed by atoms with E-state index in [1.54, 1.807) is 19.2 Å². The molecule has 0 radical (unpaired) electrons. The van der Waals surface area contributed by atoms with E-state index in [2.05, 4.69) is 15.6 Å². The van der Waals surface area contributed by atoms with Gasteiger partial charge in [-0.15, -0.1) is 0 Å². The highest BCUT2D eigenvalue weighted by molar-refractivity contribution is 7.92. The summed E-state index contributed by atoms with van der Waals surface area (Å²) >= 11 is 0. The Balaban J connectivity index is 1.86. The van der Waals surface area contributed by atoms with E-state index in [1.807, 2.05) is 13.0 Å². The predicted octanol–water partition coefficient (Wildman–Crippen LogP) is 1.25. The normalized spacial score (nSPS) is 23.0. The lowest BCUT2D eigenvalue weighted by Gasteiger charge is -2.27. The number of hydrogen-bond acceptors (Lipinski definition) is 5. The molecule has 2 N–H and O–H groups in total. The van der Waals surface area contributed by atoms with Crippen molar-refractivity contribution in [3.8, 4) is 5.88 Å². The molecule has 1 fully saturated rings. The fraction of sp³-hybridized carbons (Fsp3) is 0.600. The van der Waals surface area contributed by atoms with E-state index in [4.69, 9.17) is 4.74 Å². The van der Waals surface area contributed by atoms with Gasteiger partial charge in [0.15, 0.2) is 9.84 Å². The van der Waals surface area contributed by atoms with Crippen LogP contribution < -0.4 is 15.4 Å². The van der Waals surface area contributed by atoms with Gasteiger partial charge in [0.1, 0.15) is 0 Å². The van der Waals surface area contributed by atoms with Gasteiger partial charge >= 0.3 is 6.03 Å². The molecule has 2 heterocycles. The summed E-state index contributed by atoms with van der Waals surface area (Å²) in [6, 6.07) is 2.87. The van der Waals surface area contributed by atoms with Crippen molar-refractivity contribution in [1.29, 1.82) is 0 Å². The lowest BCUT2D eigenvalue weighted by Crippen LogP contribution is -2.48. The van der Waals surface area contributed by atoms with Gasteiger partial charge in [0.05, 0.1) is 17.6 Å². The van der Waals surface area contributed by atoms with Crippen LogP contribution in [0.25, 0.3) is 0 Å². The van der Waals surface area contributed by atoms with Gasteiger partial charge < -0.3 is 15.4 Å². The third kappa shape index (κ3) is 4.82. The number of amides is 2. The summed E-state index contributed by atoms with van der Waals surface area (Å²) in [5.41, 5.74) is 0.773. The summed E-state index contributed by atoms with van der Waals surface area (Å²) in [6.07, 6.45) is 2.87. The second-order valence-electron chi connectivity index (χ2n) is 5.64. The first kappa shape index (κ1) is 17.5. The Hall–Kier alpha value is -1.83. The van der Waals surface area contributed by atoms with Crippen molar-refractivity contribution in [2.75, 3.05) is 12.4 Å². The van der Waals surface area contributed by atoms with Gasteiger partial charge in [0, 0.05) is 24.3 Å². The molecule has 1 aromatic rings. The van der Waals surface area contributed by atoms with Crippen molar-refractivity contribution in [3.63, 3.8) is 0 Å². The van der Waals surface area contributed by atoms with Crippen LogP contribution in [0, 0.1) is 0 Å². The van der Waals surface area contributed by atoms with Crippen LogP contribution >= 0.6 is 0 Å². The second kappa shape index (κ2) is 7.63. The van der Waals surface area contributed by atoms with E-state index in [0.717, 1.165) is 5.56 Å². The third-order valence-corrected chi connectivity index (χ3v) is 6.20. The number of urea groups is 1. The van der Waals surface area contributed by atoms with E-state index < -0.39 is 9.84 Å². The van der Waals surface area contributed by atoms with Gasteiger partial charge in [-0.3, -0.25) is 0 Å². The minimum absolute atomic E-state index is 0.00131. The van der Waals surface area contributed by atoms with E-state index in [9.17, 15) is 13.2 Å². The van der Waals surface area contributed by atoms with E-state index >= 15 is 0 Å². The Morgan fingerprint density at radius 3 is 2.91 bits per heavy atom. The van der Waals surface area contributed by atoms with Crippen molar-refractivity contribution >= 4 is 15.9 Å². The first-order valence-corrected chi connectivity index (χ1v) is 9.46. The highest BCUT2D eigenvalue weighted by atomic mass is 32.2. The van der Waals surface area contributed by atoms with Crippen LogP contribution in [0.2, 0.25) is 0 Å². The summed E-state index contributed by atoms with van der Waals surface area (Å²) in [4.78, 5) is 16.1. The minimum Gasteiger partial charge on any atom is -0.478 e. The lowest BCUT2D eigenvalue weighted by atomic mass is 10.1. The average molecular weight is 341 g/mol. The Labute approximate surface area is 136 Å². The molecule has 0 bridgehead atoms. The van der Waals surface area contributed by atoms with Crippen molar-refractivity contribution in [3.05, 3.63) is 23.9 Å². The van der Waals surface area contributed by atoms with Crippen LogP contribution in [-0.2, 0) is 16.4 Å². The molecule has 2 unspecified atom stereocenters. The van der Waals surface area contributed by atoms with Crippen LogP contribution in [0.4, 0.5) is 4.79 Å². The van der Waals surface area contributed by atoms with Crippen LogP contribution in [-0.4, -0.2) is 43.1 Å². The molecule has 23 heavy (non-hydrogen) atoms. The molecule has 2 atom stereocenters. The van der Waals surface area contributed by atoms with E-state index in [0.29, 0.717) is 25.3 Å². The van der Waals surface area contributed by atoms with Crippen LogP contribution in [0.5, 0.6) is 5.88 Å². The number of carbonyl (C=O) groups is 1. The molecule has 2 amide bonds. The smallest absolute Gasteiger partial charge is 0.315 e. The molecule has 0 spiro atoms. The number of aromatic nitrogens is 1. The van der Waals surface area contributed by atoms with Crippen LogP contribution in [0.3, 0.4) is 0 Å². The lowest BCUT2D eigenvalue weighted by molar-refractivity contribution is 0.236. The molecule has 2 rings (SSSR count). The number of nitrogens with one attached hydrogen (secondary N) is 2. The molecule has 1 saturated heterocycles. The second-order valence-corrected chi connectivity index (χ2v) is 8.11. The maximum Gasteiger partial charge on any atom is 0.315 e. The first-order chi connectivity index (χ1) is 10.9. The maximum absolute atomic E-state index is 12.0. The number of hydrogen-bond donors (Lipinski definition) is 2. The highest BCUT2D eigenvalue weighted by Gasteiger charge is 2.31. The zero-order valence-electron chi connectivity index (χ0n) is 13.4.